The number of rotatable bonds is 4. The first-order chi connectivity index (χ1) is 11.2. The molecule has 120 valence electrons. The van der Waals surface area contributed by atoms with Crippen LogP contribution in [0.3, 0.4) is 0 Å². The van der Waals surface area contributed by atoms with Crippen molar-refractivity contribution in [1.82, 2.24) is 14.7 Å². The van der Waals surface area contributed by atoms with Crippen LogP contribution in [-0.2, 0) is 11.3 Å². The molecule has 2 atom stereocenters. The summed E-state index contributed by atoms with van der Waals surface area (Å²) >= 11 is 0. The summed E-state index contributed by atoms with van der Waals surface area (Å²) in [7, 11) is 0. The molecule has 0 unspecified atom stereocenters. The van der Waals surface area contributed by atoms with Gasteiger partial charge in [0.25, 0.3) is 0 Å². The van der Waals surface area contributed by atoms with Crippen molar-refractivity contribution in [2.45, 2.75) is 25.8 Å². The Bertz CT molecular complexity index is 713. The van der Waals surface area contributed by atoms with Crippen LogP contribution in [0.5, 0.6) is 0 Å². The standard InChI is InChI=1S/C18H21N3O2/c22-17(23)18-7-2-5-15(18)12-20(13-18)11-14-4-1-6-16(10-14)21-9-3-8-19-21/h1,3-4,6,8-10,15H,2,5,7,11-13H2,(H,22,23)/t15-,18+/m0/s1. The summed E-state index contributed by atoms with van der Waals surface area (Å²) in [6.45, 7) is 2.39. The molecule has 4 rings (SSSR count). The van der Waals surface area contributed by atoms with E-state index in [0.29, 0.717) is 12.5 Å². The molecule has 1 saturated heterocycles. The van der Waals surface area contributed by atoms with Crippen LogP contribution in [0.4, 0.5) is 0 Å². The highest BCUT2D eigenvalue weighted by Gasteiger charge is 2.54. The maximum Gasteiger partial charge on any atom is 0.311 e. The van der Waals surface area contributed by atoms with Gasteiger partial charge in [0.15, 0.2) is 0 Å². The van der Waals surface area contributed by atoms with Gasteiger partial charge in [0.1, 0.15) is 0 Å². The summed E-state index contributed by atoms with van der Waals surface area (Å²) in [5.74, 6) is -0.290. The number of carboxylic acid groups (broad SMARTS) is 1. The third-order valence-electron chi connectivity index (χ3n) is 5.45. The Kier molecular flexibility index (Phi) is 3.45. The van der Waals surface area contributed by atoms with Crippen LogP contribution in [0.1, 0.15) is 24.8 Å². The van der Waals surface area contributed by atoms with Gasteiger partial charge in [0.2, 0.25) is 0 Å². The molecule has 2 aromatic rings. The molecule has 2 fully saturated rings. The Morgan fingerprint density at radius 3 is 3.04 bits per heavy atom. The molecule has 1 aromatic carbocycles. The second-order valence-corrected chi connectivity index (χ2v) is 6.84. The number of nitrogens with zero attached hydrogens (tertiary/aromatic N) is 3. The Morgan fingerprint density at radius 2 is 2.30 bits per heavy atom. The molecule has 0 radical (unpaired) electrons. The predicted octanol–water partition coefficient (Wildman–Crippen LogP) is 2.56. The van der Waals surface area contributed by atoms with Gasteiger partial charge < -0.3 is 5.11 Å². The maximum atomic E-state index is 11.8. The number of aliphatic carboxylic acids is 1. The van der Waals surface area contributed by atoms with Crippen LogP contribution >= 0.6 is 0 Å². The molecule has 2 aliphatic rings. The van der Waals surface area contributed by atoms with E-state index in [-0.39, 0.29) is 0 Å². The van der Waals surface area contributed by atoms with Gasteiger partial charge in [0.05, 0.1) is 11.1 Å². The van der Waals surface area contributed by atoms with Gasteiger partial charge in [-0.1, -0.05) is 18.6 Å². The van der Waals surface area contributed by atoms with E-state index in [1.54, 1.807) is 6.20 Å². The quantitative estimate of drug-likeness (QED) is 0.943. The van der Waals surface area contributed by atoms with Gasteiger partial charge in [-0.2, -0.15) is 5.10 Å². The van der Waals surface area contributed by atoms with Crippen molar-refractivity contribution in [2.24, 2.45) is 11.3 Å². The smallest absolute Gasteiger partial charge is 0.311 e. The van der Waals surface area contributed by atoms with Crippen molar-refractivity contribution in [1.29, 1.82) is 0 Å². The molecule has 23 heavy (non-hydrogen) atoms. The lowest BCUT2D eigenvalue weighted by Gasteiger charge is -2.23. The van der Waals surface area contributed by atoms with Crippen LogP contribution in [0, 0.1) is 11.3 Å². The van der Waals surface area contributed by atoms with E-state index in [2.05, 4.69) is 22.1 Å². The molecule has 0 spiro atoms. The molecular formula is C18H21N3O2. The van der Waals surface area contributed by atoms with Gasteiger partial charge in [0, 0.05) is 32.0 Å². The van der Waals surface area contributed by atoms with Gasteiger partial charge in [-0.25, -0.2) is 4.68 Å². The fourth-order valence-electron chi connectivity index (χ4n) is 4.34. The summed E-state index contributed by atoms with van der Waals surface area (Å²) in [6.07, 6.45) is 6.64. The summed E-state index contributed by atoms with van der Waals surface area (Å²) < 4.78 is 1.85. The normalized spacial score (nSPS) is 27.2. The maximum absolute atomic E-state index is 11.8. The van der Waals surface area contributed by atoms with Crippen LogP contribution < -0.4 is 0 Å². The van der Waals surface area contributed by atoms with E-state index in [0.717, 1.165) is 38.0 Å². The molecule has 1 saturated carbocycles. The molecular weight excluding hydrogens is 290 g/mol. The Labute approximate surface area is 135 Å². The van der Waals surface area contributed by atoms with Gasteiger partial charge in [-0.05, 0) is 42.5 Å². The second kappa shape index (κ2) is 5.49. The van der Waals surface area contributed by atoms with Gasteiger partial charge in [-0.15, -0.1) is 0 Å². The monoisotopic (exact) mass is 311 g/mol. The average molecular weight is 311 g/mol. The third kappa shape index (κ3) is 2.45. The van der Waals surface area contributed by atoms with Crippen molar-refractivity contribution >= 4 is 5.97 Å². The number of carboxylic acids is 1. The average Bonchev–Trinajstić information content (AvgIpc) is 3.23. The lowest BCUT2D eigenvalue weighted by molar-refractivity contribution is -0.149. The van der Waals surface area contributed by atoms with Crippen LogP contribution in [0.15, 0.2) is 42.7 Å². The van der Waals surface area contributed by atoms with E-state index < -0.39 is 11.4 Å². The summed E-state index contributed by atoms with van der Waals surface area (Å²) in [5, 5.41) is 14.0. The van der Waals surface area contributed by atoms with Gasteiger partial charge in [-0.3, -0.25) is 9.69 Å². The molecule has 5 heteroatoms. The zero-order chi connectivity index (χ0) is 15.9. The Balaban J connectivity index is 1.52. The van der Waals surface area contributed by atoms with E-state index in [1.807, 2.05) is 29.1 Å². The van der Waals surface area contributed by atoms with Crippen LogP contribution in [-0.4, -0.2) is 38.8 Å². The fraction of sp³-hybridized carbons (Fsp3) is 0.444. The number of benzene rings is 1. The van der Waals surface area contributed by atoms with Crippen molar-refractivity contribution < 1.29 is 9.90 Å². The first-order valence-corrected chi connectivity index (χ1v) is 8.22. The lowest BCUT2D eigenvalue weighted by Crippen LogP contribution is -2.35. The predicted molar refractivity (Wildman–Crippen MR) is 86.3 cm³/mol. The number of hydrogen-bond acceptors (Lipinski definition) is 3. The minimum atomic E-state index is -0.604. The summed E-state index contributed by atoms with van der Waals surface area (Å²) in [4.78, 5) is 14.1. The number of fused-ring (bicyclic) bond motifs is 1. The summed E-state index contributed by atoms with van der Waals surface area (Å²) in [5.41, 5.74) is 1.75. The Hall–Kier alpha value is -2.14. The molecule has 1 aliphatic carbocycles. The minimum Gasteiger partial charge on any atom is -0.481 e. The van der Waals surface area contributed by atoms with E-state index in [1.165, 1.54) is 5.56 Å². The fourth-order valence-corrected chi connectivity index (χ4v) is 4.34. The molecule has 2 heterocycles. The molecule has 1 aliphatic heterocycles. The largest absolute Gasteiger partial charge is 0.481 e. The highest BCUT2D eigenvalue weighted by molar-refractivity contribution is 5.76. The van der Waals surface area contributed by atoms with Crippen LogP contribution in [0.25, 0.3) is 5.69 Å². The van der Waals surface area contributed by atoms with Crippen LogP contribution in [0.2, 0.25) is 0 Å². The zero-order valence-corrected chi connectivity index (χ0v) is 13.1. The van der Waals surface area contributed by atoms with E-state index in [9.17, 15) is 9.90 Å². The number of carbonyl (C=O) groups is 1. The first-order valence-electron chi connectivity index (χ1n) is 8.22. The highest BCUT2D eigenvalue weighted by Crippen LogP contribution is 2.49. The SMILES string of the molecule is O=C(O)[C@@]12CCC[C@H]1CN(Cc1cccc(-n3cccn3)c1)C2. The zero-order valence-electron chi connectivity index (χ0n) is 13.1. The third-order valence-corrected chi connectivity index (χ3v) is 5.45. The molecule has 1 N–H and O–H groups in total. The molecule has 0 bridgehead atoms. The van der Waals surface area contributed by atoms with E-state index in [4.69, 9.17) is 0 Å². The highest BCUT2D eigenvalue weighted by atomic mass is 16.4. The topological polar surface area (TPSA) is 58.4 Å². The molecule has 5 nitrogen and oxygen atoms in total. The van der Waals surface area contributed by atoms with Gasteiger partial charge >= 0.3 is 5.97 Å². The first kappa shape index (κ1) is 14.5. The minimum absolute atomic E-state index is 0.314. The van der Waals surface area contributed by atoms with Crippen molar-refractivity contribution in [3.05, 3.63) is 48.3 Å². The lowest BCUT2D eigenvalue weighted by atomic mass is 9.81. The van der Waals surface area contributed by atoms with E-state index >= 15 is 0 Å². The summed E-state index contributed by atoms with van der Waals surface area (Å²) in [6, 6.07) is 10.2. The second-order valence-electron chi connectivity index (χ2n) is 6.84. The van der Waals surface area contributed by atoms with Crippen molar-refractivity contribution in [2.75, 3.05) is 13.1 Å². The van der Waals surface area contributed by atoms with Crippen molar-refractivity contribution in [3.8, 4) is 5.69 Å². The number of likely N-dealkylation sites (tertiary alicyclic amines) is 1. The number of aromatic nitrogens is 2. The molecule has 1 aromatic heterocycles. The Morgan fingerprint density at radius 1 is 1.39 bits per heavy atom. The number of hydrogen-bond donors (Lipinski definition) is 1. The molecule has 0 amide bonds. The van der Waals surface area contributed by atoms with Crippen molar-refractivity contribution in [3.63, 3.8) is 0 Å².